The van der Waals surface area contributed by atoms with Crippen molar-refractivity contribution in [2.75, 3.05) is 7.11 Å². The van der Waals surface area contributed by atoms with Crippen molar-refractivity contribution in [2.45, 2.75) is 19.7 Å². The number of carbonyl (C=O) groups excluding carboxylic acids is 1. The zero-order valence-corrected chi connectivity index (χ0v) is 13.7. The number of aliphatic hydroxyl groups excluding tert-OH is 1. The third-order valence-corrected chi connectivity index (χ3v) is 3.74. The van der Waals surface area contributed by atoms with Crippen molar-refractivity contribution < 1.29 is 27.8 Å². The molecular weight excluding hydrogens is 333 g/mol. The standard InChI is InChI=1S/C19H17F3O3/c1-12-3-4-13(9-16(12)19(20,21)22)5-8-17(24)14-6-7-15(11-23)18(10-14)25-2/h3-10,23H,11H2,1-2H3/b8-5+. The number of halogens is 3. The number of benzene rings is 2. The molecule has 0 heterocycles. The molecule has 0 atom stereocenters. The summed E-state index contributed by atoms with van der Waals surface area (Å²) in [6, 6.07) is 8.46. The van der Waals surface area contributed by atoms with E-state index in [2.05, 4.69) is 0 Å². The molecule has 25 heavy (non-hydrogen) atoms. The van der Waals surface area contributed by atoms with Gasteiger partial charge in [-0.05, 0) is 36.3 Å². The third-order valence-electron chi connectivity index (χ3n) is 3.74. The van der Waals surface area contributed by atoms with E-state index in [1.165, 1.54) is 50.5 Å². The second kappa shape index (κ2) is 7.53. The van der Waals surface area contributed by atoms with Crippen LogP contribution in [0.5, 0.6) is 5.75 Å². The molecule has 0 aliphatic carbocycles. The van der Waals surface area contributed by atoms with E-state index in [0.29, 0.717) is 16.9 Å². The van der Waals surface area contributed by atoms with Gasteiger partial charge < -0.3 is 9.84 Å². The maximum atomic E-state index is 12.9. The molecule has 0 aromatic heterocycles. The highest BCUT2D eigenvalue weighted by molar-refractivity contribution is 6.07. The Balaban J connectivity index is 2.26. The maximum Gasteiger partial charge on any atom is 0.416 e. The minimum atomic E-state index is -4.44. The van der Waals surface area contributed by atoms with Crippen LogP contribution in [0, 0.1) is 6.92 Å². The first-order valence-corrected chi connectivity index (χ1v) is 7.44. The Morgan fingerprint density at radius 2 is 1.92 bits per heavy atom. The minimum Gasteiger partial charge on any atom is -0.496 e. The van der Waals surface area contributed by atoms with Crippen LogP contribution in [-0.4, -0.2) is 18.0 Å². The van der Waals surface area contributed by atoms with Crippen LogP contribution in [-0.2, 0) is 12.8 Å². The molecule has 0 aliphatic rings. The van der Waals surface area contributed by atoms with Crippen LogP contribution in [0.2, 0.25) is 0 Å². The number of aryl methyl sites for hydroxylation is 1. The first kappa shape index (κ1) is 18.7. The fourth-order valence-corrected chi connectivity index (χ4v) is 2.35. The smallest absolute Gasteiger partial charge is 0.416 e. The summed E-state index contributed by atoms with van der Waals surface area (Å²) in [5, 5.41) is 9.17. The average Bonchev–Trinajstić information content (AvgIpc) is 2.59. The molecule has 2 rings (SSSR count). The van der Waals surface area contributed by atoms with Gasteiger partial charge in [0.2, 0.25) is 0 Å². The highest BCUT2D eigenvalue weighted by atomic mass is 19.4. The Kier molecular flexibility index (Phi) is 5.64. The Hall–Kier alpha value is -2.60. The van der Waals surface area contributed by atoms with Gasteiger partial charge in [-0.15, -0.1) is 0 Å². The molecule has 2 aromatic carbocycles. The van der Waals surface area contributed by atoms with Gasteiger partial charge in [0.25, 0.3) is 0 Å². The normalized spacial score (nSPS) is 11.8. The predicted octanol–water partition coefficient (Wildman–Crippen LogP) is 4.41. The lowest BCUT2D eigenvalue weighted by molar-refractivity contribution is -0.138. The monoisotopic (exact) mass is 350 g/mol. The molecule has 0 saturated carbocycles. The minimum absolute atomic E-state index is 0.125. The van der Waals surface area contributed by atoms with Gasteiger partial charge in [0, 0.05) is 11.1 Å². The van der Waals surface area contributed by atoms with Crippen LogP contribution in [0.25, 0.3) is 6.08 Å². The lowest BCUT2D eigenvalue weighted by Gasteiger charge is -2.10. The highest BCUT2D eigenvalue weighted by Gasteiger charge is 2.32. The van der Waals surface area contributed by atoms with Crippen LogP contribution in [0.1, 0.15) is 32.6 Å². The van der Waals surface area contributed by atoms with Crippen LogP contribution in [0.15, 0.2) is 42.5 Å². The topological polar surface area (TPSA) is 46.5 Å². The Bertz CT molecular complexity index is 808. The van der Waals surface area contributed by atoms with Crippen molar-refractivity contribution in [2.24, 2.45) is 0 Å². The number of rotatable bonds is 5. The first-order chi connectivity index (χ1) is 11.8. The van der Waals surface area contributed by atoms with E-state index in [-0.39, 0.29) is 23.5 Å². The van der Waals surface area contributed by atoms with Gasteiger partial charge in [-0.2, -0.15) is 13.2 Å². The van der Waals surface area contributed by atoms with E-state index in [9.17, 15) is 23.1 Å². The predicted molar refractivity (Wildman–Crippen MR) is 88.5 cm³/mol. The molecule has 0 amide bonds. The van der Waals surface area contributed by atoms with Crippen molar-refractivity contribution in [3.8, 4) is 5.75 Å². The number of ether oxygens (including phenoxy) is 1. The second-order valence-electron chi connectivity index (χ2n) is 5.45. The lowest BCUT2D eigenvalue weighted by Crippen LogP contribution is -2.07. The number of hydrogen-bond acceptors (Lipinski definition) is 3. The van der Waals surface area contributed by atoms with E-state index >= 15 is 0 Å². The van der Waals surface area contributed by atoms with E-state index in [0.717, 1.165) is 6.07 Å². The Morgan fingerprint density at radius 1 is 1.20 bits per heavy atom. The average molecular weight is 350 g/mol. The summed E-state index contributed by atoms with van der Waals surface area (Å²) in [5.41, 5.74) is 0.534. The Labute approximate surface area is 143 Å². The molecule has 0 unspecified atom stereocenters. The van der Waals surface area contributed by atoms with Gasteiger partial charge in [-0.1, -0.05) is 30.3 Å². The van der Waals surface area contributed by atoms with Crippen LogP contribution in [0.3, 0.4) is 0 Å². The van der Waals surface area contributed by atoms with E-state index < -0.39 is 11.7 Å². The van der Waals surface area contributed by atoms with E-state index in [1.54, 1.807) is 6.07 Å². The number of hydrogen-bond donors (Lipinski definition) is 1. The summed E-state index contributed by atoms with van der Waals surface area (Å²) >= 11 is 0. The molecule has 0 fully saturated rings. The second-order valence-corrected chi connectivity index (χ2v) is 5.45. The van der Waals surface area contributed by atoms with Crippen molar-refractivity contribution in [3.63, 3.8) is 0 Å². The van der Waals surface area contributed by atoms with Crippen LogP contribution >= 0.6 is 0 Å². The summed E-state index contributed by atoms with van der Waals surface area (Å²) in [5.74, 6) is -0.00614. The highest BCUT2D eigenvalue weighted by Crippen LogP contribution is 2.32. The third kappa shape index (κ3) is 4.48. The van der Waals surface area contributed by atoms with Crippen molar-refractivity contribution in [1.82, 2.24) is 0 Å². The first-order valence-electron chi connectivity index (χ1n) is 7.44. The zero-order valence-electron chi connectivity index (χ0n) is 13.7. The molecule has 1 N–H and O–H groups in total. The molecule has 132 valence electrons. The molecule has 6 heteroatoms. The van der Waals surface area contributed by atoms with E-state index in [1.807, 2.05) is 0 Å². The van der Waals surface area contributed by atoms with Crippen molar-refractivity contribution in [3.05, 3.63) is 70.3 Å². The fraction of sp³-hybridized carbons (Fsp3) is 0.211. The van der Waals surface area contributed by atoms with Gasteiger partial charge in [-0.25, -0.2) is 0 Å². The fourth-order valence-electron chi connectivity index (χ4n) is 2.35. The Morgan fingerprint density at radius 3 is 2.52 bits per heavy atom. The summed E-state index contributed by atoms with van der Waals surface area (Å²) < 4.78 is 43.9. The van der Waals surface area contributed by atoms with Gasteiger partial charge >= 0.3 is 6.18 Å². The zero-order chi connectivity index (χ0) is 18.6. The molecule has 0 radical (unpaired) electrons. The quantitative estimate of drug-likeness (QED) is 0.642. The van der Waals surface area contributed by atoms with Gasteiger partial charge in [0.15, 0.2) is 5.78 Å². The number of methoxy groups -OCH3 is 1. The van der Waals surface area contributed by atoms with Crippen molar-refractivity contribution in [1.29, 1.82) is 0 Å². The number of ketones is 1. The molecule has 2 aromatic rings. The lowest BCUT2D eigenvalue weighted by atomic mass is 10.0. The number of carbonyl (C=O) groups is 1. The summed E-state index contributed by atoms with van der Waals surface area (Å²) in [4.78, 5) is 12.2. The number of aliphatic hydroxyl groups is 1. The van der Waals surface area contributed by atoms with Gasteiger partial charge in [-0.3, -0.25) is 4.79 Å². The molecule has 0 aliphatic heterocycles. The SMILES string of the molecule is COc1cc(C(=O)/C=C/c2ccc(C)c(C(F)(F)F)c2)ccc1CO. The summed E-state index contributed by atoms with van der Waals surface area (Å²) in [7, 11) is 1.42. The summed E-state index contributed by atoms with van der Waals surface area (Å²) in [6.07, 6.45) is -1.90. The molecule has 0 bridgehead atoms. The number of alkyl halides is 3. The molecule has 0 saturated heterocycles. The van der Waals surface area contributed by atoms with Crippen LogP contribution in [0.4, 0.5) is 13.2 Å². The van der Waals surface area contributed by atoms with Crippen LogP contribution < -0.4 is 4.74 Å². The van der Waals surface area contributed by atoms with Crippen molar-refractivity contribution >= 4 is 11.9 Å². The molecule has 3 nitrogen and oxygen atoms in total. The summed E-state index contributed by atoms with van der Waals surface area (Å²) in [6.45, 7) is 1.16. The largest absolute Gasteiger partial charge is 0.496 e. The maximum absolute atomic E-state index is 12.9. The molecule has 0 spiro atoms. The molecular formula is C19H17F3O3. The number of allylic oxidation sites excluding steroid dienone is 1. The van der Waals surface area contributed by atoms with Gasteiger partial charge in [0.05, 0.1) is 19.3 Å². The van der Waals surface area contributed by atoms with E-state index in [4.69, 9.17) is 4.74 Å². The van der Waals surface area contributed by atoms with Gasteiger partial charge in [0.1, 0.15) is 5.75 Å².